The van der Waals surface area contributed by atoms with E-state index < -0.39 is 10.1 Å². The molecule has 11 heteroatoms. The number of aromatic nitrogens is 2. The van der Waals surface area contributed by atoms with Crippen LogP contribution in [0.4, 0.5) is 0 Å². The lowest BCUT2D eigenvalue weighted by Gasteiger charge is -2.17. The van der Waals surface area contributed by atoms with E-state index in [1.807, 2.05) is 23.5 Å². The first-order valence-corrected chi connectivity index (χ1v) is 20.7. The predicted molar refractivity (Wildman–Crippen MR) is 183 cm³/mol. The molecule has 0 amide bonds. The van der Waals surface area contributed by atoms with Crippen molar-refractivity contribution >= 4 is 33.6 Å². The normalized spacial score (nSPS) is 12.5. The van der Waals surface area contributed by atoms with Crippen LogP contribution in [-0.2, 0) is 23.8 Å². The van der Waals surface area contributed by atoms with Crippen molar-refractivity contribution in [3.05, 3.63) is 18.5 Å². The Morgan fingerprint density at radius 3 is 1.81 bits per heavy atom. The average molecular weight is 665 g/mol. The Labute approximate surface area is 272 Å². The second kappa shape index (κ2) is 30.1. The molecule has 1 heterocycles. The van der Waals surface area contributed by atoms with Gasteiger partial charge < -0.3 is 14.2 Å². The molecule has 0 aliphatic carbocycles. The fourth-order valence-electron chi connectivity index (χ4n) is 4.48. The quantitative estimate of drug-likeness (QED) is 0.0544. The summed E-state index contributed by atoms with van der Waals surface area (Å²) in [4.78, 5) is 8.41. The van der Waals surface area contributed by atoms with Gasteiger partial charge in [0.2, 0.25) is 0 Å². The molecule has 8 nitrogen and oxygen atoms in total. The standard InChI is InChI=1S/C32H60N2O6S3/c1-3-4-5-6-7-8-9-10-11-12-13-14-15-16-17-18-22-38-29-31(40-32-33-20-19-21-34-32)30-42-28-27-41-26-25-37-23-24-39-43(2,35)36/h19-21,31H,3-18,22-30H2,1-2H3. The van der Waals surface area contributed by atoms with Crippen LogP contribution in [0.1, 0.15) is 110 Å². The van der Waals surface area contributed by atoms with Gasteiger partial charge in [0.15, 0.2) is 0 Å². The van der Waals surface area contributed by atoms with Crippen molar-refractivity contribution in [1.29, 1.82) is 0 Å². The molecule has 0 bridgehead atoms. The van der Waals surface area contributed by atoms with Gasteiger partial charge in [0, 0.05) is 42.0 Å². The molecule has 0 aliphatic rings. The fraction of sp³-hybridized carbons (Fsp3) is 0.875. The Kier molecular flexibility index (Phi) is 28.3. The third-order valence-electron chi connectivity index (χ3n) is 6.83. The molecular weight excluding hydrogens is 605 g/mol. The summed E-state index contributed by atoms with van der Waals surface area (Å²) >= 11 is 3.65. The van der Waals surface area contributed by atoms with E-state index in [2.05, 4.69) is 21.1 Å². The SMILES string of the molecule is CCCCCCCCCCCCCCCCCCOCC(CSCCSCCOCCOS(C)(=O)=O)Oc1ncccn1. The van der Waals surface area contributed by atoms with Crippen molar-refractivity contribution in [2.24, 2.45) is 0 Å². The molecule has 1 unspecified atom stereocenters. The van der Waals surface area contributed by atoms with Crippen molar-refractivity contribution in [3.8, 4) is 6.01 Å². The lowest BCUT2D eigenvalue weighted by atomic mass is 10.0. The van der Waals surface area contributed by atoms with Crippen LogP contribution in [0.15, 0.2) is 18.5 Å². The van der Waals surface area contributed by atoms with Crippen molar-refractivity contribution < 1.29 is 26.8 Å². The molecule has 0 radical (unpaired) electrons. The number of hydrogen-bond acceptors (Lipinski definition) is 10. The minimum Gasteiger partial charge on any atom is -0.457 e. The first-order chi connectivity index (χ1) is 21.0. The molecule has 0 spiro atoms. The Hall–Kier alpha value is -0.590. The zero-order valence-electron chi connectivity index (χ0n) is 27.1. The van der Waals surface area contributed by atoms with Crippen LogP contribution in [-0.4, -0.2) is 86.8 Å². The van der Waals surface area contributed by atoms with Crippen LogP contribution in [0, 0.1) is 0 Å². The van der Waals surface area contributed by atoms with Crippen LogP contribution >= 0.6 is 23.5 Å². The summed E-state index contributed by atoms with van der Waals surface area (Å²) in [5.41, 5.74) is 0. The number of ether oxygens (including phenoxy) is 3. The second-order valence-corrected chi connectivity index (χ2v) is 15.0. The highest BCUT2D eigenvalue weighted by Gasteiger charge is 2.13. The van der Waals surface area contributed by atoms with E-state index in [1.165, 1.54) is 96.3 Å². The first kappa shape index (κ1) is 40.4. The van der Waals surface area contributed by atoms with Gasteiger partial charge in [0.05, 0.1) is 32.7 Å². The Balaban J connectivity index is 2.00. The van der Waals surface area contributed by atoms with Crippen molar-refractivity contribution in [3.63, 3.8) is 0 Å². The highest BCUT2D eigenvalue weighted by Crippen LogP contribution is 2.15. The largest absolute Gasteiger partial charge is 0.457 e. The summed E-state index contributed by atoms with van der Waals surface area (Å²) in [5, 5.41) is 0. The molecule has 0 aliphatic heterocycles. The van der Waals surface area contributed by atoms with Crippen LogP contribution in [0.2, 0.25) is 0 Å². The van der Waals surface area contributed by atoms with Crippen molar-refractivity contribution in [1.82, 2.24) is 9.97 Å². The van der Waals surface area contributed by atoms with Gasteiger partial charge in [-0.1, -0.05) is 103 Å². The van der Waals surface area contributed by atoms with Crippen molar-refractivity contribution in [2.75, 3.05) is 62.3 Å². The maximum absolute atomic E-state index is 10.9. The monoisotopic (exact) mass is 664 g/mol. The fourth-order valence-corrected chi connectivity index (χ4v) is 6.82. The number of hydrogen-bond donors (Lipinski definition) is 0. The molecule has 1 aromatic rings. The van der Waals surface area contributed by atoms with Gasteiger partial charge in [-0.3, -0.25) is 4.18 Å². The molecule has 0 saturated carbocycles. The third kappa shape index (κ3) is 29.9. The van der Waals surface area contributed by atoms with Gasteiger partial charge in [-0.05, 0) is 12.5 Å². The first-order valence-electron chi connectivity index (χ1n) is 16.6. The molecule has 252 valence electrons. The van der Waals surface area contributed by atoms with Gasteiger partial charge >= 0.3 is 6.01 Å². The molecule has 0 aromatic carbocycles. The zero-order chi connectivity index (χ0) is 31.1. The van der Waals surface area contributed by atoms with E-state index in [-0.39, 0.29) is 19.3 Å². The average Bonchev–Trinajstić information content (AvgIpc) is 2.99. The summed E-state index contributed by atoms with van der Waals surface area (Å²) < 4.78 is 43.9. The Morgan fingerprint density at radius 2 is 1.23 bits per heavy atom. The van der Waals surface area contributed by atoms with E-state index in [0.717, 1.165) is 42.3 Å². The summed E-state index contributed by atoms with van der Waals surface area (Å²) in [6.45, 7) is 4.51. The van der Waals surface area contributed by atoms with Crippen LogP contribution in [0.3, 0.4) is 0 Å². The number of rotatable bonds is 33. The molecule has 43 heavy (non-hydrogen) atoms. The minimum atomic E-state index is -3.39. The molecular formula is C32H60N2O6S3. The van der Waals surface area contributed by atoms with Gasteiger partial charge in [0.1, 0.15) is 6.10 Å². The van der Waals surface area contributed by atoms with Gasteiger partial charge in [0.25, 0.3) is 10.1 Å². The third-order valence-corrected chi connectivity index (χ3v) is 9.73. The maximum Gasteiger partial charge on any atom is 0.316 e. The van der Waals surface area contributed by atoms with Crippen LogP contribution < -0.4 is 4.74 Å². The van der Waals surface area contributed by atoms with E-state index in [4.69, 9.17) is 14.2 Å². The maximum atomic E-state index is 10.9. The second-order valence-electron chi connectivity index (χ2n) is 11.0. The Bertz CT molecular complexity index is 821. The van der Waals surface area contributed by atoms with Gasteiger partial charge in [-0.15, -0.1) is 0 Å². The van der Waals surface area contributed by atoms with E-state index >= 15 is 0 Å². The topological polar surface area (TPSA) is 96.8 Å². The number of unbranched alkanes of at least 4 members (excludes halogenated alkanes) is 15. The lowest BCUT2D eigenvalue weighted by Crippen LogP contribution is -2.27. The summed E-state index contributed by atoms with van der Waals surface area (Å²) in [6.07, 6.45) is 26.2. The van der Waals surface area contributed by atoms with E-state index in [1.54, 1.807) is 18.5 Å². The molecule has 0 saturated heterocycles. The number of thioether (sulfide) groups is 2. The van der Waals surface area contributed by atoms with E-state index in [0.29, 0.717) is 19.2 Å². The van der Waals surface area contributed by atoms with Crippen molar-refractivity contribution in [2.45, 2.75) is 116 Å². The smallest absolute Gasteiger partial charge is 0.316 e. The lowest BCUT2D eigenvalue weighted by molar-refractivity contribution is 0.0542. The molecule has 1 aromatic heterocycles. The molecule has 1 atom stereocenters. The molecule has 0 fully saturated rings. The highest BCUT2D eigenvalue weighted by molar-refractivity contribution is 8.02. The van der Waals surface area contributed by atoms with Gasteiger partial charge in [-0.2, -0.15) is 31.9 Å². The number of nitrogens with zero attached hydrogens (tertiary/aromatic N) is 2. The highest BCUT2D eigenvalue weighted by atomic mass is 32.2. The summed E-state index contributed by atoms with van der Waals surface area (Å²) in [6, 6.07) is 2.18. The van der Waals surface area contributed by atoms with E-state index in [9.17, 15) is 8.42 Å². The Morgan fingerprint density at radius 1 is 0.674 bits per heavy atom. The van der Waals surface area contributed by atoms with Gasteiger partial charge in [-0.25, -0.2) is 9.97 Å². The molecule has 0 N–H and O–H groups in total. The summed E-state index contributed by atoms with van der Waals surface area (Å²) in [7, 11) is -3.39. The summed E-state index contributed by atoms with van der Waals surface area (Å²) in [5.74, 6) is 3.68. The molecule has 1 rings (SSSR count). The van der Waals surface area contributed by atoms with Crippen LogP contribution in [0.25, 0.3) is 0 Å². The predicted octanol–water partition coefficient (Wildman–Crippen LogP) is 7.96. The minimum absolute atomic E-state index is 0.0629. The zero-order valence-corrected chi connectivity index (χ0v) is 29.5. The van der Waals surface area contributed by atoms with Crippen LogP contribution in [0.5, 0.6) is 6.01 Å².